The molecule has 0 fully saturated rings. The second-order valence-electron chi connectivity index (χ2n) is 4.18. The molecule has 1 atom stereocenters. The van der Waals surface area contributed by atoms with E-state index in [4.69, 9.17) is 0 Å². The van der Waals surface area contributed by atoms with Crippen LogP contribution in [0.1, 0.15) is 24.2 Å². The summed E-state index contributed by atoms with van der Waals surface area (Å²) in [7, 11) is 0. The van der Waals surface area contributed by atoms with Gasteiger partial charge in [0.05, 0.1) is 0 Å². The molecule has 2 rings (SSSR count). The summed E-state index contributed by atoms with van der Waals surface area (Å²) in [4.78, 5) is 15.3. The molecular weight excluding hydrogens is 198 g/mol. The van der Waals surface area contributed by atoms with Crippen molar-refractivity contribution in [2.45, 2.75) is 13.8 Å². The number of hydrogen-bond donors (Lipinski definition) is 1. The lowest BCUT2D eigenvalue weighted by Gasteiger charge is -2.08. The summed E-state index contributed by atoms with van der Waals surface area (Å²) in [5, 5.41) is 0.987. The van der Waals surface area contributed by atoms with Crippen molar-refractivity contribution in [2.24, 2.45) is 5.92 Å². The average Bonchev–Trinajstić information content (AvgIpc) is 2.70. The van der Waals surface area contributed by atoms with Gasteiger partial charge in [-0.2, -0.15) is 0 Å². The molecule has 0 aliphatic heterocycles. The molecule has 2 nitrogen and oxygen atoms in total. The Morgan fingerprint density at radius 3 is 2.75 bits per heavy atom. The highest BCUT2D eigenvalue weighted by atomic mass is 16.1. The summed E-state index contributed by atoms with van der Waals surface area (Å²) in [6.07, 6.45) is 1.78. The van der Waals surface area contributed by atoms with Crippen molar-refractivity contribution in [3.8, 4) is 0 Å². The van der Waals surface area contributed by atoms with Gasteiger partial charge in [-0.25, -0.2) is 0 Å². The lowest BCUT2D eigenvalue weighted by molar-refractivity contribution is 0.0950. The maximum Gasteiger partial charge on any atom is 0.171 e. The molecule has 0 saturated heterocycles. The molecular formula is C14H15NO. The lowest BCUT2D eigenvalue weighted by Crippen LogP contribution is -2.11. The quantitative estimate of drug-likeness (QED) is 0.613. The third kappa shape index (κ3) is 1.67. The van der Waals surface area contributed by atoms with Crippen molar-refractivity contribution in [3.05, 3.63) is 48.2 Å². The number of H-pyrrole nitrogens is 1. The standard InChI is InChI=1S/C14H15NO/c1-9(2)10(3)14(16)12-8-15-13-7-5-4-6-11(12)13/h4-8,10,15H,1H2,2-3H3. The molecule has 2 aromatic rings. The normalized spacial score (nSPS) is 12.6. The van der Waals surface area contributed by atoms with Crippen molar-refractivity contribution < 1.29 is 4.79 Å². The summed E-state index contributed by atoms with van der Waals surface area (Å²) < 4.78 is 0. The number of aromatic nitrogens is 1. The molecule has 0 saturated carbocycles. The van der Waals surface area contributed by atoms with Gasteiger partial charge in [0.15, 0.2) is 5.78 Å². The Morgan fingerprint density at radius 2 is 2.06 bits per heavy atom. The van der Waals surface area contributed by atoms with Gasteiger partial charge in [-0.3, -0.25) is 4.79 Å². The Balaban J connectivity index is 2.48. The molecule has 0 amide bonds. The number of aromatic amines is 1. The van der Waals surface area contributed by atoms with Gasteiger partial charge in [0.1, 0.15) is 0 Å². The van der Waals surface area contributed by atoms with Crippen molar-refractivity contribution >= 4 is 16.7 Å². The first kappa shape index (κ1) is 10.7. The van der Waals surface area contributed by atoms with Gasteiger partial charge in [-0.1, -0.05) is 37.3 Å². The number of Topliss-reactive ketones (excluding diaryl/α,β-unsaturated/α-hetero) is 1. The van der Waals surface area contributed by atoms with Gasteiger partial charge >= 0.3 is 0 Å². The van der Waals surface area contributed by atoms with E-state index in [1.165, 1.54) is 0 Å². The minimum atomic E-state index is -0.126. The van der Waals surface area contributed by atoms with Crippen LogP contribution in [-0.2, 0) is 0 Å². The summed E-state index contributed by atoms with van der Waals surface area (Å²) >= 11 is 0. The third-order valence-corrected chi connectivity index (χ3v) is 2.99. The third-order valence-electron chi connectivity index (χ3n) is 2.99. The van der Waals surface area contributed by atoms with E-state index in [-0.39, 0.29) is 11.7 Å². The predicted octanol–water partition coefficient (Wildman–Crippen LogP) is 3.56. The van der Waals surface area contributed by atoms with E-state index in [0.717, 1.165) is 22.0 Å². The van der Waals surface area contributed by atoms with Crippen LogP contribution in [0.2, 0.25) is 0 Å². The van der Waals surface area contributed by atoms with Crippen molar-refractivity contribution in [1.82, 2.24) is 4.98 Å². The highest BCUT2D eigenvalue weighted by molar-refractivity contribution is 6.09. The molecule has 0 spiro atoms. The predicted molar refractivity (Wildman–Crippen MR) is 66.6 cm³/mol. The molecule has 82 valence electrons. The van der Waals surface area contributed by atoms with Gasteiger partial charge in [-0.15, -0.1) is 0 Å². The first-order chi connectivity index (χ1) is 7.61. The van der Waals surface area contributed by atoms with Gasteiger partial charge in [0.2, 0.25) is 0 Å². The lowest BCUT2D eigenvalue weighted by atomic mass is 9.94. The van der Waals surface area contributed by atoms with E-state index in [0.29, 0.717) is 0 Å². The minimum absolute atomic E-state index is 0.126. The molecule has 0 radical (unpaired) electrons. The van der Waals surface area contributed by atoms with Gasteiger partial charge in [0, 0.05) is 28.6 Å². The van der Waals surface area contributed by atoms with E-state index in [1.54, 1.807) is 6.20 Å². The van der Waals surface area contributed by atoms with Crippen LogP contribution < -0.4 is 0 Å². The largest absolute Gasteiger partial charge is 0.360 e. The van der Waals surface area contributed by atoms with Crippen LogP contribution in [0.15, 0.2) is 42.6 Å². The molecule has 0 aliphatic rings. The zero-order chi connectivity index (χ0) is 11.7. The molecule has 1 aromatic heterocycles. The van der Waals surface area contributed by atoms with Crippen LogP contribution in [0.25, 0.3) is 10.9 Å². The summed E-state index contributed by atoms with van der Waals surface area (Å²) in [6.45, 7) is 7.62. The van der Waals surface area contributed by atoms with Crippen LogP contribution in [0.3, 0.4) is 0 Å². The zero-order valence-corrected chi connectivity index (χ0v) is 9.58. The average molecular weight is 213 g/mol. The van der Waals surface area contributed by atoms with Crippen molar-refractivity contribution in [3.63, 3.8) is 0 Å². The number of rotatable bonds is 3. The minimum Gasteiger partial charge on any atom is -0.360 e. The smallest absolute Gasteiger partial charge is 0.171 e. The molecule has 1 unspecified atom stereocenters. The number of allylic oxidation sites excluding steroid dienone is 1. The van der Waals surface area contributed by atoms with Gasteiger partial charge in [-0.05, 0) is 13.0 Å². The van der Waals surface area contributed by atoms with Crippen molar-refractivity contribution in [1.29, 1.82) is 0 Å². The maximum absolute atomic E-state index is 12.2. The fourth-order valence-electron chi connectivity index (χ4n) is 1.73. The van der Waals surface area contributed by atoms with E-state index < -0.39 is 0 Å². The Hall–Kier alpha value is -1.83. The molecule has 0 bridgehead atoms. The molecule has 2 heteroatoms. The number of nitrogens with one attached hydrogen (secondary N) is 1. The van der Waals surface area contributed by atoms with E-state index >= 15 is 0 Å². The SMILES string of the molecule is C=C(C)C(C)C(=O)c1c[nH]c2ccccc12. The maximum atomic E-state index is 12.2. The molecule has 0 aliphatic carbocycles. The molecule has 1 N–H and O–H groups in total. The fraction of sp³-hybridized carbons (Fsp3) is 0.214. The van der Waals surface area contributed by atoms with Crippen LogP contribution in [0, 0.1) is 5.92 Å². The number of para-hydroxylation sites is 1. The van der Waals surface area contributed by atoms with Gasteiger partial charge in [0.25, 0.3) is 0 Å². The van der Waals surface area contributed by atoms with Crippen molar-refractivity contribution in [2.75, 3.05) is 0 Å². The number of benzene rings is 1. The summed E-state index contributed by atoms with van der Waals surface area (Å²) in [5.41, 5.74) is 2.65. The Labute approximate surface area is 95.0 Å². The number of hydrogen-bond acceptors (Lipinski definition) is 1. The van der Waals surface area contributed by atoms with Crippen LogP contribution in [0.4, 0.5) is 0 Å². The molecule has 16 heavy (non-hydrogen) atoms. The Kier molecular flexibility index (Phi) is 2.65. The Morgan fingerprint density at radius 1 is 1.38 bits per heavy atom. The van der Waals surface area contributed by atoms with Crippen LogP contribution in [0.5, 0.6) is 0 Å². The number of carbonyl (C=O) groups excluding carboxylic acids is 1. The monoisotopic (exact) mass is 213 g/mol. The molecule has 1 aromatic carbocycles. The van der Waals surface area contributed by atoms with Crippen LogP contribution >= 0.6 is 0 Å². The van der Waals surface area contributed by atoms with Crippen LogP contribution in [-0.4, -0.2) is 10.8 Å². The van der Waals surface area contributed by atoms with E-state index in [9.17, 15) is 4.79 Å². The van der Waals surface area contributed by atoms with Gasteiger partial charge < -0.3 is 4.98 Å². The first-order valence-electron chi connectivity index (χ1n) is 5.37. The second kappa shape index (κ2) is 3.97. The van der Waals surface area contributed by atoms with E-state index in [1.807, 2.05) is 38.1 Å². The first-order valence-corrected chi connectivity index (χ1v) is 5.37. The van der Waals surface area contributed by atoms with E-state index in [2.05, 4.69) is 11.6 Å². The number of fused-ring (bicyclic) bond motifs is 1. The fourth-order valence-corrected chi connectivity index (χ4v) is 1.73. The summed E-state index contributed by atoms with van der Waals surface area (Å²) in [6, 6.07) is 7.83. The Bertz CT molecular complexity index is 551. The molecule has 1 heterocycles. The zero-order valence-electron chi connectivity index (χ0n) is 9.58. The highest BCUT2D eigenvalue weighted by Crippen LogP contribution is 2.22. The number of carbonyl (C=O) groups is 1. The summed E-state index contributed by atoms with van der Waals surface area (Å²) in [5.74, 6) is 0.00385. The topological polar surface area (TPSA) is 32.9 Å². The highest BCUT2D eigenvalue weighted by Gasteiger charge is 2.18. The number of ketones is 1. The second-order valence-corrected chi connectivity index (χ2v) is 4.18.